The molecule has 0 amide bonds. The Hall–Kier alpha value is -2.87. The summed E-state index contributed by atoms with van der Waals surface area (Å²) in [5.74, 6) is 0.993. The summed E-state index contributed by atoms with van der Waals surface area (Å²) in [6.45, 7) is 4.27. The molecule has 0 heterocycles. The van der Waals surface area contributed by atoms with Gasteiger partial charge in [0.15, 0.2) is 6.29 Å². The quantitative estimate of drug-likeness (QED) is 0.527. The summed E-state index contributed by atoms with van der Waals surface area (Å²) in [7, 11) is 1.67. The van der Waals surface area contributed by atoms with E-state index in [4.69, 9.17) is 4.74 Å². The minimum absolute atomic E-state index is 0.105. The zero-order valence-electron chi connectivity index (χ0n) is 15.5. The monoisotopic (exact) mass is 344 g/mol. The molecule has 0 N–H and O–H groups in total. The Balaban J connectivity index is 2.15. The van der Waals surface area contributed by atoms with Gasteiger partial charge in [-0.3, -0.25) is 4.79 Å². The van der Waals surface area contributed by atoms with E-state index in [1.165, 1.54) is 11.1 Å². The molecule has 0 saturated heterocycles. The first-order chi connectivity index (χ1) is 12.7. The number of hydrogen-bond acceptors (Lipinski definition) is 2. The van der Waals surface area contributed by atoms with Crippen LogP contribution < -0.4 is 4.74 Å². The molecule has 132 valence electrons. The lowest BCUT2D eigenvalue weighted by Gasteiger charge is -2.22. The van der Waals surface area contributed by atoms with Crippen LogP contribution >= 0.6 is 0 Å². The molecule has 2 nitrogen and oxygen atoms in total. The highest BCUT2D eigenvalue weighted by molar-refractivity contribution is 5.82. The van der Waals surface area contributed by atoms with Crippen LogP contribution in [0, 0.1) is 0 Å². The number of rotatable bonds is 6. The van der Waals surface area contributed by atoms with E-state index in [2.05, 4.69) is 38.1 Å². The van der Waals surface area contributed by atoms with Crippen molar-refractivity contribution >= 4 is 6.29 Å². The van der Waals surface area contributed by atoms with Crippen LogP contribution in [0.25, 0.3) is 0 Å². The molecule has 3 rings (SSSR count). The molecule has 0 saturated carbocycles. The van der Waals surface area contributed by atoms with E-state index in [1.807, 2.05) is 48.5 Å². The topological polar surface area (TPSA) is 26.3 Å². The van der Waals surface area contributed by atoms with E-state index in [0.29, 0.717) is 0 Å². The second-order valence-corrected chi connectivity index (χ2v) is 6.60. The largest absolute Gasteiger partial charge is 0.497 e. The van der Waals surface area contributed by atoms with Crippen molar-refractivity contribution in [3.8, 4) is 5.75 Å². The van der Waals surface area contributed by atoms with Crippen molar-refractivity contribution < 1.29 is 9.53 Å². The summed E-state index contributed by atoms with van der Waals surface area (Å²) in [4.78, 5) is 12.1. The van der Waals surface area contributed by atoms with E-state index in [-0.39, 0.29) is 11.8 Å². The standard InChI is InChI=1S/C24H24O2/c1-17(19-10-6-4-7-11-19)22-14-21(26-3)15-23(24(22)16-25)18(2)20-12-8-5-9-13-20/h4-18H,1-3H3. The SMILES string of the molecule is COc1cc(C(C)c2ccccc2)c(C=O)c(C(C)c2ccccc2)c1. The van der Waals surface area contributed by atoms with Gasteiger partial charge in [0.1, 0.15) is 5.75 Å². The Morgan fingerprint density at radius 2 is 1.19 bits per heavy atom. The first-order valence-electron chi connectivity index (χ1n) is 8.92. The van der Waals surface area contributed by atoms with Gasteiger partial charge >= 0.3 is 0 Å². The number of carbonyl (C=O) groups excluding carboxylic acids is 1. The molecule has 0 aliphatic rings. The third kappa shape index (κ3) is 3.55. The van der Waals surface area contributed by atoms with Gasteiger partial charge in [0, 0.05) is 17.4 Å². The van der Waals surface area contributed by atoms with Crippen molar-refractivity contribution in [2.75, 3.05) is 7.11 Å². The van der Waals surface area contributed by atoms with Crippen molar-refractivity contribution in [1.82, 2.24) is 0 Å². The van der Waals surface area contributed by atoms with Crippen LogP contribution in [-0.4, -0.2) is 13.4 Å². The third-order valence-electron chi connectivity index (χ3n) is 5.10. The molecule has 2 unspecified atom stereocenters. The van der Waals surface area contributed by atoms with Gasteiger partial charge in [-0.15, -0.1) is 0 Å². The molecule has 3 aromatic rings. The first-order valence-corrected chi connectivity index (χ1v) is 8.92. The first kappa shape index (κ1) is 17.9. The molecule has 0 aromatic heterocycles. The van der Waals surface area contributed by atoms with Gasteiger partial charge in [0.05, 0.1) is 7.11 Å². The van der Waals surface area contributed by atoms with Crippen LogP contribution in [0.4, 0.5) is 0 Å². The highest BCUT2D eigenvalue weighted by atomic mass is 16.5. The van der Waals surface area contributed by atoms with E-state index >= 15 is 0 Å². The summed E-state index contributed by atoms with van der Waals surface area (Å²) in [6.07, 6.45) is 0.989. The smallest absolute Gasteiger partial charge is 0.150 e. The second kappa shape index (κ2) is 8.01. The third-order valence-corrected chi connectivity index (χ3v) is 5.10. The zero-order chi connectivity index (χ0) is 18.5. The fourth-order valence-electron chi connectivity index (χ4n) is 3.48. The predicted octanol–water partition coefficient (Wildman–Crippen LogP) is 5.81. The fourth-order valence-corrected chi connectivity index (χ4v) is 3.48. The van der Waals surface area contributed by atoms with Gasteiger partial charge < -0.3 is 4.74 Å². The lowest BCUT2D eigenvalue weighted by molar-refractivity contribution is 0.112. The molecule has 0 spiro atoms. The van der Waals surface area contributed by atoms with E-state index in [9.17, 15) is 4.79 Å². The minimum atomic E-state index is 0.105. The highest BCUT2D eigenvalue weighted by Crippen LogP contribution is 2.36. The van der Waals surface area contributed by atoms with E-state index < -0.39 is 0 Å². The minimum Gasteiger partial charge on any atom is -0.497 e. The fraction of sp³-hybridized carbons (Fsp3) is 0.208. The maximum absolute atomic E-state index is 12.1. The van der Waals surface area contributed by atoms with Gasteiger partial charge in [0.25, 0.3) is 0 Å². The van der Waals surface area contributed by atoms with Crippen LogP contribution in [-0.2, 0) is 0 Å². The van der Waals surface area contributed by atoms with Crippen LogP contribution in [0.2, 0.25) is 0 Å². The predicted molar refractivity (Wildman–Crippen MR) is 106 cm³/mol. The lowest BCUT2D eigenvalue weighted by Crippen LogP contribution is -2.08. The Morgan fingerprint density at radius 3 is 1.54 bits per heavy atom. The normalized spacial score (nSPS) is 13.0. The summed E-state index contributed by atoms with van der Waals surface area (Å²) in [5.41, 5.74) is 5.13. The van der Waals surface area contributed by atoms with Crippen LogP contribution in [0.5, 0.6) is 5.75 Å². The van der Waals surface area contributed by atoms with Crippen molar-refractivity contribution in [2.45, 2.75) is 25.7 Å². The second-order valence-electron chi connectivity index (χ2n) is 6.60. The molecule has 3 aromatic carbocycles. The lowest BCUT2D eigenvalue weighted by atomic mass is 9.83. The number of carbonyl (C=O) groups is 1. The van der Waals surface area contributed by atoms with Gasteiger partial charge in [0.2, 0.25) is 0 Å². The summed E-state index contributed by atoms with van der Waals surface area (Å²) >= 11 is 0. The maximum atomic E-state index is 12.1. The average molecular weight is 344 g/mol. The van der Waals surface area contributed by atoms with Crippen LogP contribution in [0.1, 0.15) is 58.3 Å². The van der Waals surface area contributed by atoms with Gasteiger partial charge in [-0.25, -0.2) is 0 Å². The van der Waals surface area contributed by atoms with Crippen molar-refractivity contribution in [3.63, 3.8) is 0 Å². The van der Waals surface area contributed by atoms with Gasteiger partial charge in [-0.05, 0) is 34.4 Å². The summed E-state index contributed by atoms with van der Waals surface area (Å²) in [6, 6.07) is 24.5. The van der Waals surface area contributed by atoms with E-state index in [0.717, 1.165) is 28.7 Å². The number of benzene rings is 3. The van der Waals surface area contributed by atoms with Crippen molar-refractivity contribution in [1.29, 1.82) is 0 Å². The number of aldehydes is 1. The Bertz CT molecular complexity index is 803. The van der Waals surface area contributed by atoms with Crippen LogP contribution in [0.3, 0.4) is 0 Å². The van der Waals surface area contributed by atoms with E-state index in [1.54, 1.807) is 7.11 Å². The molecule has 26 heavy (non-hydrogen) atoms. The Morgan fingerprint density at radius 1 is 0.769 bits per heavy atom. The number of methoxy groups -OCH3 is 1. The highest BCUT2D eigenvalue weighted by Gasteiger charge is 2.21. The maximum Gasteiger partial charge on any atom is 0.150 e. The Kier molecular flexibility index (Phi) is 5.52. The number of hydrogen-bond donors (Lipinski definition) is 0. The van der Waals surface area contributed by atoms with Crippen LogP contribution in [0.15, 0.2) is 72.8 Å². The molecule has 0 fully saturated rings. The van der Waals surface area contributed by atoms with Gasteiger partial charge in [-0.2, -0.15) is 0 Å². The molecular weight excluding hydrogens is 320 g/mol. The molecule has 0 bridgehead atoms. The Labute approximate surface area is 155 Å². The van der Waals surface area contributed by atoms with Crippen molar-refractivity contribution in [2.24, 2.45) is 0 Å². The van der Waals surface area contributed by atoms with Crippen molar-refractivity contribution in [3.05, 3.63) is 101 Å². The molecule has 2 heteroatoms. The average Bonchev–Trinajstić information content (AvgIpc) is 2.72. The molecule has 2 atom stereocenters. The molecule has 0 radical (unpaired) electrons. The molecule has 0 aliphatic heterocycles. The van der Waals surface area contributed by atoms with Gasteiger partial charge in [-0.1, -0.05) is 74.5 Å². The summed E-state index contributed by atoms with van der Waals surface area (Å²) < 4.78 is 5.55. The molecular formula is C24H24O2. The number of ether oxygens (including phenoxy) is 1. The molecule has 0 aliphatic carbocycles. The summed E-state index contributed by atoms with van der Waals surface area (Å²) in [5, 5.41) is 0. The zero-order valence-corrected chi connectivity index (χ0v) is 15.5.